The van der Waals surface area contributed by atoms with Crippen LogP contribution in [0.3, 0.4) is 0 Å². The minimum absolute atomic E-state index is 0.906. The molecule has 0 saturated heterocycles. The Morgan fingerprint density at radius 2 is 1.93 bits per heavy atom. The van der Waals surface area contributed by atoms with Crippen molar-refractivity contribution in [2.75, 3.05) is 7.11 Å². The maximum atomic E-state index is 5.33. The van der Waals surface area contributed by atoms with Crippen molar-refractivity contribution in [2.24, 2.45) is 0 Å². The number of hydrogen-bond acceptors (Lipinski definition) is 1. The number of ether oxygens (including phenoxy) is 1. The van der Waals surface area contributed by atoms with Gasteiger partial charge in [-0.25, -0.2) is 0 Å². The van der Waals surface area contributed by atoms with Crippen molar-refractivity contribution in [2.45, 2.75) is 6.92 Å². The fourth-order valence-corrected chi connectivity index (χ4v) is 1.64. The molecule has 0 aliphatic rings. The smallest absolute Gasteiger partial charge is 0.126 e. The zero-order chi connectivity index (χ0) is 10.7. The molecule has 75 valence electrons. The lowest BCUT2D eigenvalue weighted by Gasteiger charge is -2.08. The molecule has 0 saturated carbocycles. The quantitative estimate of drug-likeness (QED) is 0.716. The van der Waals surface area contributed by atoms with Crippen molar-refractivity contribution < 1.29 is 4.74 Å². The molecular weight excluding hydrogens is 184 g/mol. The van der Waals surface area contributed by atoms with Gasteiger partial charge in [-0.2, -0.15) is 0 Å². The van der Waals surface area contributed by atoms with Crippen LogP contribution in [0.2, 0.25) is 0 Å². The van der Waals surface area contributed by atoms with Crippen LogP contribution in [-0.4, -0.2) is 7.11 Å². The van der Waals surface area contributed by atoms with Crippen molar-refractivity contribution in [1.29, 1.82) is 0 Å². The molecule has 0 aliphatic heterocycles. The van der Waals surface area contributed by atoms with Crippen molar-refractivity contribution in [3.63, 3.8) is 0 Å². The summed E-state index contributed by atoms with van der Waals surface area (Å²) in [5.74, 6) is 0.906. The highest BCUT2D eigenvalue weighted by molar-refractivity contribution is 5.70. The summed E-state index contributed by atoms with van der Waals surface area (Å²) < 4.78 is 5.33. The highest BCUT2D eigenvalue weighted by Crippen LogP contribution is 2.29. The van der Waals surface area contributed by atoms with Crippen LogP contribution >= 0.6 is 0 Å². The van der Waals surface area contributed by atoms with Crippen molar-refractivity contribution >= 4 is 0 Å². The number of rotatable bonds is 2. The molecule has 0 aliphatic carbocycles. The van der Waals surface area contributed by atoms with E-state index in [0.717, 1.165) is 16.9 Å². The predicted octanol–water partition coefficient (Wildman–Crippen LogP) is 3.47. The Labute approximate surface area is 90.3 Å². The van der Waals surface area contributed by atoms with Gasteiger partial charge in [0.05, 0.1) is 7.11 Å². The van der Waals surface area contributed by atoms with Crippen molar-refractivity contribution in [1.82, 2.24) is 0 Å². The van der Waals surface area contributed by atoms with Crippen LogP contribution < -0.4 is 4.74 Å². The molecule has 0 atom stereocenters. The lowest BCUT2D eigenvalue weighted by atomic mass is 10.0. The molecular formula is C14H13O. The fourth-order valence-electron chi connectivity index (χ4n) is 1.64. The SMILES string of the molecule is COc1ccccc1-c1cc[c]c(C)c1. The van der Waals surface area contributed by atoms with E-state index < -0.39 is 0 Å². The van der Waals surface area contributed by atoms with E-state index in [1.807, 2.05) is 37.3 Å². The Morgan fingerprint density at radius 3 is 2.67 bits per heavy atom. The van der Waals surface area contributed by atoms with E-state index in [1.165, 1.54) is 5.56 Å². The van der Waals surface area contributed by atoms with Gasteiger partial charge in [-0.05, 0) is 30.2 Å². The Kier molecular flexibility index (Phi) is 2.72. The van der Waals surface area contributed by atoms with Gasteiger partial charge in [0.25, 0.3) is 0 Å². The third-order valence-corrected chi connectivity index (χ3v) is 2.36. The highest BCUT2D eigenvalue weighted by Gasteiger charge is 2.03. The van der Waals surface area contributed by atoms with Crippen LogP contribution in [0.25, 0.3) is 11.1 Å². The Morgan fingerprint density at radius 1 is 1.13 bits per heavy atom. The summed E-state index contributed by atoms with van der Waals surface area (Å²) in [6, 6.07) is 17.3. The Bertz CT molecular complexity index is 460. The second kappa shape index (κ2) is 4.18. The third kappa shape index (κ3) is 2.01. The van der Waals surface area contributed by atoms with Crippen LogP contribution in [-0.2, 0) is 0 Å². The van der Waals surface area contributed by atoms with Gasteiger partial charge in [0.1, 0.15) is 5.75 Å². The summed E-state index contributed by atoms with van der Waals surface area (Å²) in [4.78, 5) is 0. The van der Waals surface area contributed by atoms with Crippen LogP contribution in [0.4, 0.5) is 0 Å². The fraction of sp³-hybridized carbons (Fsp3) is 0.143. The second-order valence-electron chi connectivity index (χ2n) is 3.46. The van der Waals surface area contributed by atoms with Crippen LogP contribution in [0.1, 0.15) is 5.56 Å². The maximum absolute atomic E-state index is 5.33. The number of hydrogen-bond donors (Lipinski definition) is 0. The van der Waals surface area contributed by atoms with E-state index >= 15 is 0 Å². The first-order chi connectivity index (χ1) is 7.31. The molecule has 0 bridgehead atoms. The number of methoxy groups -OCH3 is 1. The van der Waals surface area contributed by atoms with Crippen molar-refractivity contribution in [3.8, 4) is 16.9 Å². The van der Waals surface area contributed by atoms with Gasteiger partial charge in [0.2, 0.25) is 0 Å². The van der Waals surface area contributed by atoms with Gasteiger partial charge < -0.3 is 4.74 Å². The van der Waals surface area contributed by atoms with Gasteiger partial charge in [-0.15, -0.1) is 0 Å². The van der Waals surface area contributed by atoms with Gasteiger partial charge in [0.15, 0.2) is 0 Å². The summed E-state index contributed by atoms with van der Waals surface area (Å²) in [7, 11) is 1.70. The molecule has 1 radical (unpaired) electrons. The zero-order valence-corrected chi connectivity index (χ0v) is 8.95. The molecule has 0 amide bonds. The summed E-state index contributed by atoms with van der Waals surface area (Å²) in [6.07, 6.45) is 0. The summed E-state index contributed by atoms with van der Waals surface area (Å²) in [5, 5.41) is 0. The predicted molar refractivity (Wildman–Crippen MR) is 62.0 cm³/mol. The average molecular weight is 197 g/mol. The summed E-state index contributed by atoms with van der Waals surface area (Å²) in [6.45, 7) is 2.04. The van der Waals surface area contributed by atoms with E-state index in [1.54, 1.807) is 7.11 Å². The highest BCUT2D eigenvalue weighted by atomic mass is 16.5. The van der Waals surface area contributed by atoms with E-state index in [-0.39, 0.29) is 0 Å². The number of aryl methyl sites for hydroxylation is 1. The first kappa shape index (κ1) is 9.78. The third-order valence-electron chi connectivity index (χ3n) is 2.36. The van der Waals surface area contributed by atoms with Crippen LogP contribution in [0.15, 0.2) is 42.5 Å². The average Bonchev–Trinajstić information content (AvgIpc) is 2.29. The number of para-hydroxylation sites is 1. The topological polar surface area (TPSA) is 9.23 Å². The summed E-state index contributed by atoms with van der Waals surface area (Å²) >= 11 is 0. The van der Waals surface area contributed by atoms with E-state index in [0.29, 0.717) is 0 Å². The normalized spacial score (nSPS) is 10.0. The molecule has 2 aromatic rings. The molecule has 0 fully saturated rings. The molecule has 0 unspecified atom stereocenters. The standard InChI is InChI=1S/C14H13O/c1-11-6-5-7-12(10-11)13-8-3-4-9-14(13)15-2/h3-5,7-10H,1-2H3. The van der Waals surface area contributed by atoms with Gasteiger partial charge in [-0.1, -0.05) is 36.4 Å². The molecule has 15 heavy (non-hydrogen) atoms. The van der Waals surface area contributed by atoms with Gasteiger partial charge >= 0.3 is 0 Å². The van der Waals surface area contributed by atoms with Crippen molar-refractivity contribution in [3.05, 3.63) is 54.1 Å². The molecule has 0 spiro atoms. The second-order valence-corrected chi connectivity index (χ2v) is 3.46. The Balaban J connectivity index is 2.53. The molecule has 1 nitrogen and oxygen atoms in total. The first-order valence-corrected chi connectivity index (χ1v) is 4.93. The van der Waals surface area contributed by atoms with E-state index in [9.17, 15) is 0 Å². The minimum atomic E-state index is 0.906. The molecule has 0 heterocycles. The molecule has 2 rings (SSSR count). The van der Waals surface area contributed by atoms with E-state index in [4.69, 9.17) is 4.74 Å². The molecule has 1 heteroatoms. The largest absolute Gasteiger partial charge is 0.496 e. The first-order valence-electron chi connectivity index (χ1n) is 4.93. The molecule has 2 aromatic carbocycles. The lowest BCUT2D eigenvalue weighted by molar-refractivity contribution is 0.416. The monoisotopic (exact) mass is 197 g/mol. The van der Waals surface area contributed by atoms with Crippen LogP contribution in [0.5, 0.6) is 5.75 Å². The molecule has 0 aromatic heterocycles. The molecule has 0 N–H and O–H groups in total. The minimum Gasteiger partial charge on any atom is -0.496 e. The zero-order valence-electron chi connectivity index (χ0n) is 8.95. The Hall–Kier alpha value is -1.76. The van der Waals surface area contributed by atoms with Gasteiger partial charge in [0, 0.05) is 5.56 Å². The summed E-state index contributed by atoms with van der Waals surface area (Å²) in [5.41, 5.74) is 3.43. The lowest BCUT2D eigenvalue weighted by Crippen LogP contribution is -1.87. The van der Waals surface area contributed by atoms with Gasteiger partial charge in [-0.3, -0.25) is 0 Å². The van der Waals surface area contributed by atoms with Crippen LogP contribution in [0, 0.1) is 13.0 Å². The number of benzene rings is 2. The van der Waals surface area contributed by atoms with E-state index in [2.05, 4.69) is 18.2 Å². The maximum Gasteiger partial charge on any atom is 0.126 e.